The van der Waals surface area contributed by atoms with E-state index in [1.54, 1.807) is 30.2 Å². The quantitative estimate of drug-likeness (QED) is 0.836. The number of nitrogens with one attached hydrogen (secondary N) is 1. The van der Waals surface area contributed by atoms with Crippen molar-refractivity contribution < 1.29 is 0 Å². The topological polar surface area (TPSA) is 48.7 Å². The van der Waals surface area contributed by atoms with E-state index < -0.39 is 0 Å². The van der Waals surface area contributed by atoms with Crippen molar-refractivity contribution in [3.8, 4) is 6.07 Å². The predicted molar refractivity (Wildman–Crippen MR) is 70.5 cm³/mol. The number of aromatic nitrogens is 1. The van der Waals surface area contributed by atoms with Crippen molar-refractivity contribution in [2.45, 2.75) is 4.90 Å². The SMILES string of the molecule is CSc1cccc(Nc2cnccc2C#N)c1. The zero-order valence-corrected chi connectivity index (χ0v) is 10.2. The highest BCUT2D eigenvalue weighted by Gasteiger charge is 2.02. The number of anilines is 2. The van der Waals surface area contributed by atoms with Gasteiger partial charge in [0.2, 0.25) is 0 Å². The van der Waals surface area contributed by atoms with Gasteiger partial charge in [-0.2, -0.15) is 5.26 Å². The molecule has 0 aliphatic heterocycles. The first-order chi connectivity index (χ1) is 8.33. The van der Waals surface area contributed by atoms with Crippen LogP contribution in [-0.2, 0) is 0 Å². The van der Waals surface area contributed by atoms with Crippen molar-refractivity contribution >= 4 is 23.1 Å². The van der Waals surface area contributed by atoms with Gasteiger partial charge in [0.25, 0.3) is 0 Å². The Kier molecular flexibility index (Phi) is 3.63. The summed E-state index contributed by atoms with van der Waals surface area (Å²) in [4.78, 5) is 5.19. The minimum Gasteiger partial charge on any atom is -0.353 e. The molecule has 0 unspecified atom stereocenters. The van der Waals surface area contributed by atoms with E-state index in [0.29, 0.717) is 5.56 Å². The van der Waals surface area contributed by atoms with Crippen molar-refractivity contribution in [1.29, 1.82) is 5.26 Å². The summed E-state index contributed by atoms with van der Waals surface area (Å²) in [5.41, 5.74) is 2.28. The molecule has 1 aromatic heterocycles. The number of nitrogens with zero attached hydrogens (tertiary/aromatic N) is 2. The third kappa shape index (κ3) is 2.77. The largest absolute Gasteiger partial charge is 0.353 e. The zero-order valence-electron chi connectivity index (χ0n) is 9.34. The van der Waals surface area contributed by atoms with E-state index in [9.17, 15) is 0 Å². The summed E-state index contributed by atoms with van der Waals surface area (Å²) in [7, 11) is 0. The minimum absolute atomic E-state index is 0.592. The van der Waals surface area contributed by atoms with Gasteiger partial charge in [0.05, 0.1) is 17.4 Å². The Morgan fingerprint density at radius 3 is 3.00 bits per heavy atom. The van der Waals surface area contributed by atoms with E-state index in [1.807, 2.05) is 30.5 Å². The maximum atomic E-state index is 8.98. The number of hydrogen-bond donors (Lipinski definition) is 1. The van der Waals surface area contributed by atoms with Gasteiger partial charge in [-0.1, -0.05) is 6.07 Å². The van der Waals surface area contributed by atoms with Crippen molar-refractivity contribution in [3.63, 3.8) is 0 Å². The molecule has 0 aliphatic carbocycles. The highest BCUT2D eigenvalue weighted by atomic mass is 32.2. The van der Waals surface area contributed by atoms with Gasteiger partial charge < -0.3 is 5.32 Å². The van der Waals surface area contributed by atoms with E-state index in [-0.39, 0.29) is 0 Å². The van der Waals surface area contributed by atoms with Gasteiger partial charge in [0, 0.05) is 16.8 Å². The Morgan fingerprint density at radius 1 is 1.35 bits per heavy atom. The first kappa shape index (κ1) is 11.5. The van der Waals surface area contributed by atoms with Crippen LogP contribution in [0, 0.1) is 11.3 Å². The Labute approximate surface area is 105 Å². The lowest BCUT2D eigenvalue weighted by Crippen LogP contribution is -1.94. The average Bonchev–Trinajstić information content (AvgIpc) is 2.39. The molecule has 1 aromatic carbocycles. The maximum absolute atomic E-state index is 8.98. The highest BCUT2D eigenvalue weighted by Crippen LogP contribution is 2.23. The van der Waals surface area contributed by atoms with Crippen LogP contribution in [-0.4, -0.2) is 11.2 Å². The third-order valence-corrected chi connectivity index (χ3v) is 3.02. The molecule has 1 N–H and O–H groups in total. The number of benzene rings is 1. The van der Waals surface area contributed by atoms with Crippen LogP contribution < -0.4 is 5.32 Å². The molecule has 1 heterocycles. The Bertz CT molecular complexity index is 561. The van der Waals surface area contributed by atoms with Crippen molar-refractivity contribution in [2.24, 2.45) is 0 Å². The molecule has 4 heteroatoms. The Balaban J connectivity index is 2.28. The standard InChI is InChI=1S/C13H11N3S/c1-17-12-4-2-3-11(7-12)16-13-9-15-6-5-10(13)8-14/h2-7,9,16H,1H3. The number of rotatable bonds is 3. The van der Waals surface area contributed by atoms with Gasteiger partial charge in [-0.3, -0.25) is 4.98 Å². The van der Waals surface area contributed by atoms with Crippen molar-refractivity contribution in [1.82, 2.24) is 4.98 Å². The second-order valence-electron chi connectivity index (χ2n) is 3.39. The summed E-state index contributed by atoms with van der Waals surface area (Å²) in [5, 5.41) is 12.2. The van der Waals surface area contributed by atoms with E-state index in [0.717, 1.165) is 11.4 Å². The molecule has 2 rings (SSSR count). The summed E-state index contributed by atoms with van der Waals surface area (Å²) in [6.45, 7) is 0. The van der Waals surface area contributed by atoms with E-state index in [4.69, 9.17) is 5.26 Å². The molecular formula is C13H11N3S. The zero-order chi connectivity index (χ0) is 12.1. The van der Waals surface area contributed by atoms with E-state index in [2.05, 4.69) is 16.4 Å². The third-order valence-electron chi connectivity index (χ3n) is 2.29. The summed E-state index contributed by atoms with van der Waals surface area (Å²) < 4.78 is 0. The summed E-state index contributed by atoms with van der Waals surface area (Å²) in [6, 6.07) is 11.9. The van der Waals surface area contributed by atoms with Gasteiger partial charge >= 0.3 is 0 Å². The number of thioether (sulfide) groups is 1. The molecule has 0 atom stereocenters. The molecule has 84 valence electrons. The highest BCUT2D eigenvalue weighted by molar-refractivity contribution is 7.98. The van der Waals surface area contributed by atoms with E-state index in [1.165, 1.54) is 4.90 Å². The fraction of sp³-hybridized carbons (Fsp3) is 0.0769. The lowest BCUT2D eigenvalue weighted by atomic mass is 10.2. The number of nitriles is 1. The fourth-order valence-electron chi connectivity index (χ4n) is 1.45. The monoisotopic (exact) mass is 241 g/mol. The van der Waals surface area contributed by atoms with Crippen LogP contribution in [0.2, 0.25) is 0 Å². The van der Waals surface area contributed by atoms with Crippen molar-refractivity contribution in [3.05, 3.63) is 48.3 Å². The summed E-state index contributed by atoms with van der Waals surface area (Å²) >= 11 is 1.68. The fourth-order valence-corrected chi connectivity index (χ4v) is 1.91. The molecule has 0 bridgehead atoms. The van der Waals surface area contributed by atoms with Gasteiger partial charge in [0.1, 0.15) is 6.07 Å². The van der Waals surface area contributed by atoms with Crippen LogP contribution in [0.15, 0.2) is 47.6 Å². The number of hydrogen-bond acceptors (Lipinski definition) is 4. The second-order valence-corrected chi connectivity index (χ2v) is 4.27. The molecule has 0 saturated carbocycles. The lowest BCUT2D eigenvalue weighted by molar-refractivity contribution is 1.30. The molecule has 0 radical (unpaired) electrons. The first-order valence-corrected chi connectivity index (χ1v) is 6.31. The Hall–Kier alpha value is -1.99. The molecule has 0 spiro atoms. The molecule has 17 heavy (non-hydrogen) atoms. The van der Waals surface area contributed by atoms with Crippen LogP contribution >= 0.6 is 11.8 Å². The number of pyridine rings is 1. The van der Waals surface area contributed by atoms with Gasteiger partial charge in [-0.15, -0.1) is 11.8 Å². The molecule has 2 aromatic rings. The predicted octanol–water partition coefficient (Wildman–Crippen LogP) is 3.42. The second kappa shape index (κ2) is 5.37. The van der Waals surface area contributed by atoms with Crippen molar-refractivity contribution in [2.75, 3.05) is 11.6 Å². The van der Waals surface area contributed by atoms with Gasteiger partial charge in [-0.25, -0.2) is 0 Å². The maximum Gasteiger partial charge on any atom is 0.101 e. The van der Waals surface area contributed by atoms with Crippen LogP contribution in [0.4, 0.5) is 11.4 Å². The minimum atomic E-state index is 0.592. The van der Waals surface area contributed by atoms with Gasteiger partial charge in [-0.05, 0) is 30.5 Å². The van der Waals surface area contributed by atoms with Crippen LogP contribution in [0.3, 0.4) is 0 Å². The summed E-state index contributed by atoms with van der Waals surface area (Å²) in [5.74, 6) is 0. The first-order valence-electron chi connectivity index (χ1n) is 5.08. The summed E-state index contributed by atoms with van der Waals surface area (Å²) in [6.07, 6.45) is 5.30. The van der Waals surface area contributed by atoms with E-state index >= 15 is 0 Å². The average molecular weight is 241 g/mol. The Morgan fingerprint density at radius 2 is 2.24 bits per heavy atom. The van der Waals surface area contributed by atoms with Crippen LogP contribution in [0.1, 0.15) is 5.56 Å². The molecule has 0 amide bonds. The van der Waals surface area contributed by atoms with Gasteiger partial charge in [0.15, 0.2) is 0 Å². The molecule has 0 fully saturated rings. The molecule has 3 nitrogen and oxygen atoms in total. The molecule has 0 saturated heterocycles. The molecule has 0 aliphatic rings. The normalized spacial score (nSPS) is 9.65. The van der Waals surface area contributed by atoms with Crippen LogP contribution in [0.5, 0.6) is 0 Å². The van der Waals surface area contributed by atoms with Crippen LogP contribution in [0.25, 0.3) is 0 Å². The molecular weight excluding hydrogens is 230 g/mol. The lowest BCUT2D eigenvalue weighted by Gasteiger charge is -2.08. The smallest absolute Gasteiger partial charge is 0.101 e.